The second-order valence-corrected chi connectivity index (χ2v) is 19.8. The van der Waals surface area contributed by atoms with Gasteiger partial charge in [-0.1, -0.05) is 34.1 Å². The van der Waals surface area contributed by atoms with Gasteiger partial charge in [0.05, 0.1) is 32.2 Å². The zero-order valence-corrected chi connectivity index (χ0v) is 31.5. The average Bonchev–Trinajstić information content (AvgIpc) is 3.49. The van der Waals surface area contributed by atoms with Gasteiger partial charge in [-0.05, 0) is 11.8 Å². The molecule has 0 N–H and O–H groups in total. The molecule has 2 unspecified atom stereocenters. The van der Waals surface area contributed by atoms with Gasteiger partial charge in [-0.15, -0.1) is 0 Å². The van der Waals surface area contributed by atoms with Crippen LogP contribution in [-0.2, 0) is 26.9 Å². The monoisotopic (exact) mass is 710 g/mol. The van der Waals surface area contributed by atoms with Crippen molar-refractivity contribution in [2.75, 3.05) is 33.4 Å². The third-order valence-electron chi connectivity index (χ3n) is 7.88. The van der Waals surface area contributed by atoms with Gasteiger partial charge in [-0.25, -0.2) is 0 Å². The molecule has 2 fully saturated rings. The second kappa shape index (κ2) is 17.4. The van der Waals surface area contributed by atoms with E-state index in [0.717, 1.165) is 38.5 Å². The van der Waals surface area contributed by atoms with Gasteiger partial charge in [-0.3, -0.25) is 9.08 Å². The van der Waals surface area contributed by atoms with Crippen LogP contribution in [0.5, 0.6) is 0 Å². The number of aryl methyl sites for hydroxylation is 1. The van der Waals surface area contributed by atoms with Gasteiger partial charge in [-0.2, -0.15) is 0 Å². The predicted molar refractivity (Wildman–Crippen MR) is 175 cm³/mol. The molecule has 236 valence electrons. The summed E-state index contributed by atoms with van der Waals surface area (Å²) >= 11 is 4.37. The minimum absolute atomic E-state index is 0.130. The Bertz CT molecular complexity index is 1040. The number of halogens is 1. The molecule has 1 aromatic carbocycles. The molecule has 42 heavy (non-hydrogen) atoms. The first-order valence-corrected chi connectivity index (χ1v) is 19.4. The molecule has 0 bridgehead atoms. The van der Waals surface area contributed by atoms with E-state index in [0.29, 0.717) is 28.5 Å². The zero-order valence-electron chi connectivity index (χ0n) is 27.8. The maximum atomic E-state index is 11.7. The maximum absolute atomic E-state index is 11.7. The van der Waals surface area contributed by atoms with E-state index >= 15 is 0 Å². The first-order chi connectivity index (χ1) is 19.7. The van der Waals surface area contributed by atoms with Crippen molar-refractivity contribution in [3.05, 3.63) is 54.1 Å². The molecule has 2 aromatic rings. The Morgan fingerprint density at radius 1 is 1.14 bits per heavy atom. The van der Waals surface area contributed by atoms with E-state index in [-0.39, 0.29) is 32.5 Å². The number of morpholine rings is 1. The fourth-order valence-electron chi connectivity index (χ4n) is 5.65. The van der Waals surface area contributed by atoms with Crippen LogP contribution in [-0.4, -0.2) is 69.9 Å². The number of amides is 1. The smallest absolute Gasteiger partial charge is 0.0606 e. The minimum Gasteiger partial charge on any atom is -0.283 e. The average molecular weight is 710 g/mol. The first kappa shape index (κ1) is 37.1. The number of ether oxygens (including phenoxy) is 1. The van der Waals surface area contributed by atoms with Crippen molar-refractivity contribution in [1.82, 2.24) is 9.47 Å². The molecule has 2 saturated heterocycles. The molecule has 2 radical (unpaired) electrons. The van der Waals surface area contributed by atoms with Gasteiger partial charge in [0.15, 0.2) is 0 Å². The fraction of sp³-hybridized carbons (Fsp3) is 0.706. The van der Waals surface area contributed by atoms with Gasteiger partial charge in [0.1, 0.15) is 0 Å². The zero-order chi connectivity index (χ0) is 31.4. The number of unbranched alkanes of at least 4 members (excludes halogenated alkanes) is 1. The third kappa shape index (κ3) is 13.3. The Hall–Kier alpha value is -1.09. The summed E-state index contributed by atoms with van der Waals surface area (Å²) in [6.07, 6.45) is 10.8. The van der Waals surface area contributed by atoms with Crippen LogP contribution < -0.4 is 4.57 Å². The maximum Gasteiger partial charge on any atom is 0.0606 e. The van der Waals surface area contributed by atoms with Crippen LogP contribution in [0.2, 0.25) is 7.87 Å². The summed E-state index contributed by atoms with van der Waals surface area (Å²) in [4.78, 5) is 13.6. The molecule has 2 aliphatic heterocycles. The molecule has 2 aliphatic rings. The van der Waals surface area contributed by atoms with E-state index in [4.69, 9.17) is 4.74 Å². The molecule has 6 nitrogen and oxygen atoms in total. The minimum atomic E-state index is -0.130. The molecule has 0 spiro atoms. The van der Waals surface area contributed by atoms with Gasteiger partial charge in [0.2, 0.25) is 5.91 Å². The van der Waals surface area contributed by atoms with Crippen LogP contribution in [0.3, 0.4) is 0 Å². The summed E-state index contributed by atoms with van der Waals surface area (Å²) in [6, 6.07) is 9.51. The normalized spacial score (nSPS) is 19.2. The van der Waals surface area contributed by atoms with Crippen LogP contribution >= 0.6 is 11.9 Å². The van der Waals surface area contributed by atoms with Crippen LogP contribution in [0.1, 0.15) is 98.1 Å². The predicted octanol–water partition coefficient (Wildman–Crippen LogP) is 7.53. The number of imidazole rings is 1. The van der Waals surface area contributed by atoms with Crippen molar-refractivity contribution in [2.45, 2.75) is 108 Å². The number of hydrogen-bond donors (Lipinski definition) is 0. The number of hydrogen-bond acceptors (Lipinski definition) is 3. The van der Waals surface area contributed by atoms with E-state index in [9.17, 15) is 4.79 Å². The molecule has 1 amide bonds. The number of nitrogens with zero attached hydrogens (tertiary/aromatic N) is 3. The largest absolute Gasteiger partial charge is 0.283 e. The molecule has 3 heterocycles. The number of benzene rings is 1. The third-order valence-corrected chi connectivity index (χ3v) is 12.9. The first-order valence-electron chi connectivity index (χ1n) is 15.6. The van der Waals surface area contributed by atoms with Crippen molar-refractivity contribution < 1.29 is 18.4 Å². The van der Waals surface area contributed by atoms with Gasteiger partial charge in [0.25, 0.3) is 0 Å². The quantitative estimate of drug-likeness (QED) is 0.200. The van der Waals surface area contributed by atoms with E-state index in [1.54, 1.807) is 10.0 Å². The van der Waals surface area contributed by atoms with Crippen LogP contribution in [0.15, 0.2) is 43.0 Å². The van der Waals surface area contributed by atoms with Gasteiger partial charge in [0, 0.05) is 19.5 Å². The van der Waals surface area contributed by atoms with Crippen molar-refractivity contribution >= 4 is 38.9 Å². The number of carbonyl (C=O) groups excluding carboxylic acids is 1. The van der Waals surface area contributed by atoms with Crippen molar-refractivity contribution in [3.63, 3.8) is 0 Å². The van der Waals surface area contributed by atoms with Crippen molar-refractivity contribution in [2.24, 2.45) is 10.8 Å². The standard InChI is InChI=1S/C22H33N2.C11H21NO2.CH3ClO.Sn/c1-7-8-13-23-14-15-24(17-23)16-19-9-11-20(12-10-19)21(18(2)3)22(4,5)6;1-11(2,3)5-4-10(13)12-6-8-14-9-7-12;1-3-2;/h9-12,14-15,17,21H,2,7-8,13,16H2,1,3-6H3;4-9H2,1-3H3;1H3;/q+1;;;. The summed E-state index contributed by atoms with van der Waals surface area (Å²) in [7, 11) is 1.39. The van der Waals surface area contributed by atoms with E-state index in [1.807, 2.05) is 4.90 Å². The van der Waals surface area contributed by atoms with Gasteiger partial charge >= 0.3 is 151 Å². The Morgan fingerprint density at radius 3 is 2.24 bits per heavy atom. The topological polar surface area (TPSA) is 47.6 Å². The Labute approximate surface area is 271 Å². The van der Waals surface area contributed by atoms with E-state index in [1.165, 1.54) is 25.5 Å². The SMILES string of the molecule is CC(C)(C)CCC(=O)N1CCOCC1.CCCCn1cc[n+](Cc2ccc(C(C(C)(C)C)[C]3(C)[CH2][Sn]3)cc2)c1.COCl. The van der Waals surface area contributed by atoms with E-state index < -0.39 is 0 Å². The summed E-state index contributed by atoms with van der Waals surface area (Å²) < 4.78 is 15.7. The van der Waals surface area contributed by atoms with Crippen molar-refractivity contribution in [3.8, 4) is 0 Å². The van der Waals surface area contributed by atoms with Crippen molar-refractivity contribution in [1.29, 1.82) is 0 Å². The summed E-state index contributed by atoms with van der Waals surface area (Å²) in [5.41, 5.74) is 3.57. The van der Waals surface area contributed by atoms with Crippen LogP contribution in [0.25, 0.3) is 0 Å². The molecule has 8 heteroatoms. The Kier molecular flexibility index (Phi) is 15.4. The molecule has 0 saturated carbocycles. The summed E-state index contributed by atoms with van der Waals surface area (Å²) in [5, 5.41) is 0. The Balaban J connectivity index is 0.000000307. The van der Waals surface area contributed by atoms with Crippen LogP contribution in [0.4, 0.5) is 0 Å². The molecule has 4 rings (SSSR count). The molecule has 1 aromatic heterocycles. The fourth-order valence-corrected chi connectivity index (χ4v) is 9.32. The number of carbonyl (C=O) groups is 1. The number of aromatic nitrogens is 2. The molecular formula is C34H57ClN3O3Sn+. The summed E-state index contributed by atoms with van der Waals surface area (Å²) in [6.45, 7) is 23.6. The number of rotatable bonds is 9. The molecule has 0 aliphatic carbocycles. The second-order valence-electron chi connectivity index (χ2n) is 14.2. The van der Waals surface area contributed by atoms with Gasteiger partial charge < -0.3 is 9.64 Å². The molecule has 2 atom stereocenters. The summed E-state index contributed by atoms with van der Waals surface area (Å²) in [5.74, 6) is 1.01. The van der Waals surface area contributed by atoms with E-state index in [2.05, 4.69) is 124 Å². The molecular weight excluding hydrogens is 653 g/mol. The Morgan fingerprint density at radius 2 is 1.74 bits per heavy atom. The van der Waals surface area contributed by atoms with Crippen LogP contribution in [0, 0.1) is 10.8 Å².